The van der Waals surface area contributed by atoms with Crippen molar-refractivity contribution in [1.82, 2.24) is 4.68 Å². The van der Waals surface area contributed by atoms with Crippen LogP contribution < -0.4 is 21.1 Å². The van der Waals surface area contributed by atoms with Gasteiger partial charge in [0.1, 0.15) is 0 Å². The number of ketones is 1. The van der Waals surface area contributed by atoms with Crippen LogP contribution in [0.25, 0.3) is 0 Å². The number of hydrogen-bond donors (Lipinski definition) is 1. The maximum atomic E-state index is 14.5. The summed E-state index contributed by atoms with van der Waals surface area (Å²) in [5, 5.41) is 4.60. The molecule has 3 aromatic rings. The topological polar surface area (TPSA) is 86.6 Å². The lowest BCUT2D eigenvalue weighted by Gasteiger charge is -2.24. The van der Waals surface area contributed by atoms with Gasteiger partial charge in [0.15, 0.2) is 5.78 Å². The Morgan fingerprint density at radius 2 is 1.30 bits per heavy atom. The van der Waals surface area contributed by atoms with Crippen molar-refractivity contribution in [2.24, 2.45) is 0 Å². The normalized spacial score (nSPS) is 12.0. The Bertz CT molecular complexity index is 1170. The molecule has 0 spiro atoms. The first-order chi connectivity index (χ1) is 15.7. The maximum absolute atomic E-state index is 14.5. The lowest BCUT2D eigenvalue weighted by molar-refractivity contribution is 0.101. The molecule has 0 saturated carbocycles. The van der Waals surface area contributed by atoms with Crippen LogP contribution in [-0.2, 0) is 18.2 Å². The molecule has 0 amide bonds. The summed E-state index contributed by atoms with van der Waals surface area (Å²) in [6.07, 6.45) is 0. The Morgan fingerprint density at radius 3 is 1.70 bits per heavy atom. The van der Waals surface area contributed by atoms with Gasteiger partial charge in [-0.15, -0.1) is 0 Å². The molecule has 1 N–H and O–H groups in total. The van der Waals surface area contributed by atoms with Gasteiger partial charge in [-0.05, 0) is 58.9 Å². The summed E-state index contributed by atoms with van der Waals surface area (Å²) in [5.74, 6) is -0.278. The van der Waals surface area contributed by atoms with Crippen LogP contribution in [0.15, 0.2) is 60.7 Å². The van der Waals surface area contributed by atoms with E-state index < -0.39 is 14.9 Å². The molecule has 0 aliphatic heterocycles. The summed E-state index contributed by atoms with van der Waals surface area (Å²) >= 11 is 0. The van der Waals surface area contributed by atoms with Crippen LogP contribution in [0.2, 0.25) is 0 Å². The smallest absolute Gasteiger partial charge is 0.305 e. The van der Waals surface area contributed by atoms with Gasteiger partial charge in [-0.25, -0.2) is 0 Å². The van der Waals surface area contributed by atoms with E-state index in [0.29, 0.717) is 22.0 Å². The minimum absolute atomic E-state index is 0.151. The van der Waals surface area contributed by atoms with Crippen molar-refractivity contribution in [2.45, 2.75) is 34.6 Å². The summed E-state index contributed by atoms with van der Waals surface area (Å²) in [5.41, 5.74) is 1.19. The van der Waals surface area contributed by atoms with Gasteiger partial charge in [0.2, 0.25) is 7.29 Å². The van der Waals surface area contributed by atoms with Gasteiger partial charge in [-0.2, -0.15) is 0 Å². The summed E-state index contributed by atoms with van der Waals surface area (Å²) in [4.78, 5) is 12.7. The molecule has 1 aromatic heterocycles. The first kappa shape index (κ1) is 25.2. The molecule has 176 valence electrons. The summed E-state index contributed by atoms with van der Waals surface area (Å²) in [6.45, 7) is 8.59. The molecule has 9 heteroatoms. The van der Waals surface area contributed by atoms with Gasteiger partial charge in [-0.3, -0.25) is 23.8 Å². The van der Waals surface area contributed by atoms with Crippen molar-refractivity contribution in [3.63, 3.8) is 0 Å². The number of carbonyl (C=O) groups excluding carboxylic acids is 1. The molecule has 3 rings (SSSR count). The van der Waals surface area contributed by atoms with E-state index in [1.54, 1.807) is 56.6 Å². The highest BCUT2D eigenvalue weighted by Crippen LogP contribution is 2.50. The van der Waals surface area contributed by atoms with E-state index in [0.717, 1.165) is 0 Å². The van der Waals surface area contributed by atoms with Crippen molar-refractivity contribution in [3.8, 4) is 0 Å². The Labute approximate surface area is 195 Å². The minimum Gasteiger partial charge on any atom is -0.305 e. The molecule has 33 heavy (non-hydrogen) atoms. The molecule has 2 aromatic carbocycles. The Hall–Kier alpha value is -2.43. The van der Waals surface area contributed by atoms with Gasteiger partial charge in [-0.1, -0.05) is 36.4 Å². The molecule has 0 aliphatic carbocycles. The van der Waals surface area contributed by atoms with Crippen molar-refractivity contribution < 1.29 is 23.0 Å². The number of Topliss-reactive ketones (excluding diaryl/α,β-unsaturated/α-hetero) is 1. The molecule has 0 unspecified atom stereocenters. The van der Waals surface area contributed by atoms with Crippen LogP contribution in [0.1, 0.15) is 42.5 Å². The van der Waals surface area contributed by atoms with Crippen molar-refractivity contribution >= 4 is 36.6 Å². The average molecular weight is 488 g/mol. The SMILES string of the molecule is CCOP(=O)(OCC)c1c(C(C)=O)c(C)n(NP(=O)(c2ccccc2)c2ccccc2)c1C. The Balaban J connectivity index is 2.27. The Morgan fingerprint density at radius 1 is 0.848 bits per heavy atom. The third kappa shape index (κ3) is 4.78. The van der Waals surface area contributed by atoms with E-state index in [1.807, 2.05) is 36.4 Å². The van der Waals surface area contributed by atoms with Crippen molar-refractivity contribution in [1.29, 1.82) is 0 Å². The van der Waals surface area contributed by atoms with E-state index in [4.69, 9.17) is 9.05 Å². The largest absolute Gasteiger partial charge is 0.363 e. The first-order valence-electron chi connectivity index (χ1n) is 10.8. The summed E-state index contributed by atoms with van der Waals surface area (Å²) < 4.78 is 41.0. The molecular formula is C24H30N2O5P2. The average Bonchev–Trinajstić information content (AvgIpc) is 3.06. The van der Waals surface area contributed by atoms with E-state index >= 15 is 0 Å². The van der Waals surface area contributed by atoms with Crippen LogP contribution in [0.4, 0.5) is 0 Å². The fraction of sp³-hybridized carbons (Fsp3) is 0.292. The molecule has 7 nitrogen and oxygen atoms in total. The van der Waals surface area contributed by atoms with E-state index in [1.165, 1.54) is 6.92 Å². The third-order valence-electron chi connectivity index (χ3n) is 5.32. The monoisotopic (exact) mass is 488 g/mol. The number of nitrogens with one attached hydrogen (secondary N) is 1. The second-order valence-electron chi connectivity index (χ2n) is 7.50. The van der Waals surface area contributed by atoms with Crippen LogP contribution in [-0.4, -0.2) is 23.7 Å². The van der Waals surface area contributed by atoms with Crippen molar-refractivity contribution in [3.05, 3.63) is 77.6 Å². The van der Waals surface area contributed by atoms with Crippen LogP contribution in [0.5, 0.6) is 0 Å². The molecule has 1 heterocycles. The fourth-order valence-electron chi connectivity index (χ4n) is 3.92. The summed E-state index contributed by atoms with van der Waals surface area (Å²) in [6, 6.07) is 18.2. The molecular weight excluding hydrogens is 458 g/mol. The van der Waals surface area contributed by atoms with Gasteiger partial charge in [0, 0.05) is 16.3 Å². The van der Waals surface area contributed by atoms with Gasteiger partial charge < -0.3 is 9.05 Å². The zero-order valence-corrected chi connectivity index (χ0v) is 21.4. The molecule has 0 bridgehead atoms. The summed E-state index contributed by atoms with van der Waals surface area (Å²) in [7, 11) is -7.18. The zero-order valence-electron chi connectivity index (χ0n) is 19.6. The first-order valence-corrected chi connectivity index (χ1v) is 14.1. The van der Waals surface area contributed by atoms with Crippen LogP contribution >= 0.6 is 14.9 Å². The second kappa shape index (κ2) is 10.2. The number of benzene rings is 2. The standard InChI is InChI=1S/C24H30N2O5P2/c1-6-30-33(29,31-7-2)24-19(4)26(18(3)23(24)20(5)27)25-32(28,21-14-10-8-11-15-21)22-16-12-9-13-17-22/h8-17H,6-7H2,1-5H3,(H,25,28). The number of hydrogen-bond acceptors (Lipinski definition) is 5. The second-order valence-corrected chi connectivity index (χ2v) is 11.9. The van der Waals surface area contributed by atoms with Gasteiger partial charge in [0.05, 0.1) is 29.8 Å². The highest BCUT2D eigenvalue weighted by Gasteiger charge is 2.39. The van der Waals surface area contributed by atoms with E-state index in [9.17, 15) is 13.9 Å². The van der Waals surface area contributed by atoms with Gasteiger partial charge >= 0.3 is 7.60 Å². The number of nitrogens with zero attached hydrogens (tertiary/aromatic N) is 1. The molecule has 0 aliphatic rings. The number of aromatic nitrogens is 1. The lowest BCUT2D eigenvalue weighted by Crippen LogP contribution is -2.28. The predicted octanol–water partition coefficient (Wildman–Crippen LogP) is 4.67. The zero-order chi connectivity index (χ0) is 24.2. The third-order valence-corrected chi connectivity index (χ3v) is 10.1. The Kier molecular flexibility index (Phi) is 7.81. The highest BCUT2D eigenvalue weighted by atomic mass is 31.2. The molecule has 0 fully saturated rings. The number of rotatable bonds is 10. The quantitative estimate of drug-likeness (QED) is 0.330. The lowest BCUT2D eigenvalue weighted by atomic mass is 10.2. The fourth-order valence-corrected chi connectivity index (χ4v) is 8.31. The number of carbonyl (C=O) groups is 1. The van der Waals surface area contributed by atoms with Crippen molar-refractivity contribution in [2.75, 3.05) is 18.4 Å². The van der Waals surface area contributed by atoms with Crippen LogP contribution in [0.3, 0.4) is 0 Å². The van der Waals surface area contributed by atoms with Gasteiger partial charge in [0.25, 0.3) is 0 Å². The molecule has 0 radical (unpaired) electrons. The van der Waals surface area contributed by atoms with E-state index in [2.05, 4.69) is 5.20 Å². The molecule has 0 atom stereocenters. The van der Waals surface area contributed by atoms with Crippen LogP contribution in [0, 0.1) is 13.8 Å². The highest BCUT2D eigenvalue weighted by molar-refractivity contribution is 7.79. The molecule has 0 saturated heterocycles. The maximum Gasteiger partial charge on any atom is 0.363 e. The predicted molar refractivity (Wildman–Crippen MR) is 134 cm³/mol. The van der Waals surface area contributed by atoms with E-state index in [-0.39, 0.29) is 29.9 Å². The minimum atomic E-state index is -3.79.